The van der Waals surface area contributed by atoms with Crippen LogP contribution >= 0.6 is 0 Å². The molecule has 1 amide bonds. The van der Waals surface area contributed by atoms with Crippen LogP contribution in [-0.2, 0) is 11.2 Å². The fraction of sp³-hybridized carbons (Fsp3) is 0.226. The molecule has 40 heavy (non-hydrogen) atoms. The van der Waals surface area contributed by atoms with Crippen molar-refractivity contribution in [2.24, 2.45) is 0 Å². The number of nitro groups is 1. The van der Waals surface area contributed by atoms with Gasteiger partial charge in [0.05, 0.1) is 28.2 Å². The Morgan fingerprint density at radius 2 is 1.80 bits per heavy atom. The van der Waals surface area contributed by atoms with Gasteiger partial charge in [0.1, 0.15) is 0 Å². The molecule has 4 aromatic rings. The van der Waals surface area contributed by atoms with E-state index >= 15 is 0 Å². The largest absolute Gasteiger partial charge is 0.354 e. The Morgan fingerprint density at radius 1 is 1.02 bits per heavy atom. The van der Waals surface area contributed by atoms with Crippen LogP contribution in [0.25, 0.3) is 22.5 Å². The Kier molecular flexibility index (Phi) is 7.11. The Morgan fingerprint density at radius 3 is 2.50 bits per heavy atom. The highest BCUT2D eigenvalue weighted by atomic mass is 16.6. The van der Waals surface area contributed by atoms with E-state index in [9.17, 15) is 14.9 Å². The Bertz CT molecular complexity index is 1550. The molecule has 3 heterocycles. The molecular formula is C31H30N6O3. The molecule has 0 saturated carbocycles. The minimum absolute atomic E-state index is 0.0659. The molecule has 202 valence electrons. The number of rotatable bonds is 9. The summed E-state index contributed by atoms with van der Waals surface area (Å²) in [7, 11) is 0. The Hall–Kier alpha value is -4.76. The van der Waals surface area contributed by atoms with Crippen molar-refractivity contribution in [2.75, 3.05) is 30.3 Å². The molecular weight excluding hydrogens is 504 g/mol. The van der Waals surface area contributed by atoms with Gasteiger partial charge in [0.15, 0.2) is 0 Å². The first-order chi connectivity index (χ1) is 19.5. The highest BCUT2D eigenvalue weighted by molar-refractivity contribution is 6.37. The number of aromatic nitrogens is 2. The molecule has 9 heteroatoms. The number of amides is 1. The number of imidazole rings is 1. The van der Waals surface area contributed by atoms with E-state index in [0.29, 0.717) is 22.5 Å². The number of aryl methyl sites for hydroxylation is 1. The molecule has 1 fully saturated rings. The Balaban J connectivity index is 1.33. The van der Waals surface area contributed by atoms with Crippen molar-refractivity contribution < 1.29 is 9.72 Å². The number of fused-ring (bicyclic) bond motifs is 1. The average molecular weight is 535 g/mol. The van der Waals surface area contributed by atoms with Crippen LogP contribution in [0.4, 0.5) is 17.1 Å². The van der Waals surface area contributed by atoms with E-state index in [1.165, 1.54) is 43.6 Å². The van der Waals surface area contributed by atoms with Crippen LogP contribution in [-0.4, -0.2) is 45.3 Å². The number of aromatic amines is 1. The van der Waals surface area contributed by atoms with Crippen molar-refractivity contribution in [1.82, 2.24) is 14.9 Å². The molecule has 0 unspecified atom stereocenters. The van der Waals surface area contributed by atoms with Crippen LogP contribution < -0.4 is 10.6 Å². The third kappa shape index (κ3) is 5.37. The highest BCUT2D eigenvalue weighted by Gasteiger charge is 2.30. The van der Waals surface area contributed by atoms with Crippen molar-refractivity contribution in [1.29, 1.82) is 0 Å². The van der Waals surface area contributed by atoms with Gasteiger partial charge in [-0.25, -0.2) is 4.98 Å². The molecule has 1 saturated heterocycles. The number of nitrogens with one attached hydrogen (secondary N) is 3. The van der Waals surface area contributed by atoms with E-state index in [1.54, 1.807) is 12.4 Å². The predicted octanol–water partition coefficient (Wildman–Crippen LogP) is 5.95. The summed E-state index contributed by atoms with van der Waals surface area (Å²) >= 11 is 0. The van der Waals surface area contributed by atoms with E-state index in [4.69, 9.17) is 0 Å². The topological polar surface area (TPSA) is 116 Å². The number of hydrogen-bond acceptors (Lipinski definition) is 6. The third-order valence-electron chi connectivity index (χ3n) is 7.54. The van der Waals surface area contributed by atoms with E-state index in [-0.39, 0.29) is 11.6 Å². The molecule has 6 rings (SSSR count). The second-order valence-electron chi connectivity index (χ2n) is 10.2. The standard InChI is InChI=1S/C31H30N6O3/c38-31-29(26-18-25(37(39)40)13-14-27(26)35-31)30(34-24-11-9-22(10-12-24)28-19-32-20-33-28)23-7-5-21(6-8-23)4-3-17-36-15-1-2-16-36/h5-14,18-20,34H,1-4,15-17H2,(H,32,33)(H,35,38). The van der Waals surface area contributed by atoms with Gasteiger partial charge in [-0.15, -0.1) is 0 Å². The number of nitro benzene ring substituents is 1. The van der Waals surface area contributed by atoms with Crippen molar-refractivity contribution in [3.63, 3.8) is 0 Å². The lowest BCUT2D eigenvalue weighted by atomic mass is 9.98. The number of carbonyl (C=O) groups is 1. The van der Waals surface area contributed by atoms with Gasteiger partial charge in [-0.3, -0.25) is 14.9 Å². The Labute approximate surface area is 232 Å². The first-order valence-electron chi connectivity index (χ1n) is 13.6. The molecule has 2 aliphatic rings. The fourth-order valence-corrected chi connectivity index (χ4v) is 5.43. The maximum absolute atomic E-state index is 13.3. The van der Waals surface area contributed by atoms with Gasteiger partial charge in [0.25, 0.3) is 11.6 Å². The first kappa shape index (κ1) is 25.5. The molecule has 3 aromatic carbocycles. The zero-order valence-electron chi connectivity index (χ0n) is 22.0. The SMILES string of the molecule is O=C1Nc2ccc([N+](=O)[O-])cc2C1=C(Nc1ccc(-c2c[nH]cn2)cc1)c1ccc(CCCN2CCCC2)cc1. The van der Waals surface area contributed by atoms with Gasteiger partial charge in [-0.2, -0.15) is 0 Å². The van der Waals surface area contributed by atoms with Gasteiger partial charge in [0, 0.05) is 40.8 Å². The number of nitrogens with zero attached hydrogens (tertiary/aromatic N) is 3. The number of hydrogen-bond donors (Lipinski definition) is 3. The smallest absolute Gasteiger partial charge is 0.270 e. The number of anilines is 2. The fourth-order valence-electron chi connectivity index (χ4n) is 5.43. The number of non-ortho nitro benzene ring substituents is 1. The summed E-state index contributed by atoms with van der Waals surface area (Å²) in [6.07, 6.45) is 8.15. The predicted molar refractivity (Wildman–Crippen MR) is 157 cm³/mol. The molecule has 2 aliphatic heterocycles. The number of H-pyrrole nitrogens is 1. The minimum atomic E-state index is -0.446. The summed E-state index contributed by atoms with van der Waals surface area (Å²) in [5.74, 6) is -0.305. The zero-order chi connectivity index (χ0) is 27.5. The van der Waals surface area contributed by atoms with Crippen LogP contribution in [0, 0.1) is 10.1 Å². The number of benzene rings is 3. The second-order valence-corrected chi connectivity index (χ2v) is 10.2. The van der Waals surface area contributed by atoms with E-state index in [1.807, 2.05) is 42.6 Å². The van der Waals surface area contributed by atoms with Gasteiger partial charge in [-0.05, 0) is 74.6 Å². The van der Waals surface area contributed by atoms with Crippen LogP contribution in [0.5, 0.6) is 0 Å². The lowest BCUT2D eigenvalue weighted by Gasteiger charge is -2.16. The lowest BCUT2D eigenvalue weighted by molar-refractivity contribution is -0.384. The van der Waals surface area contributed by atoms with Crippen LogP contribution in [0.3, 0.4) is 0 Å². The molecule has 0 aliphatic carbocycles. The van der Waals surface area contributed by atoms with Crippen LogP contribution in [0.15, 0.2) is 79.3 Å². The summed E-state index contributed by atoms with van der Waals surface area (Å²) in [4.78, 5) is 34.1. The average Bonchev–Trinajstić information content (AvgIpc) is 3.74. The van der Waals surface area contributed by atoms with Gasteiger partial charge in [0.2, 0.25) is 0 Å². The summed E-state index contributed by atoms with van der Waals surface area (Å²) < 4.78 is 0. The number of carbonyl (C=O) groups excluding carboxylic acids is 1. The summed E-state index contributed by atoms with van der Waals surface area (Å²) in [5.41, 5.74) is 6.59. The first-order valence-corrected chi connectivity index (χ1v) is 13.6. The third-order valence-corrected chi connectivity index (χ3v) is 7.54. The van der Waals surface area contributed by atoms with Crippen molar-refractivity contribution >= 4 is 34.2 Å². The van der Waals surface area contributed by atoms with Crippen LogP contribution in [0.2, 0.25) is 0 Å². The molecule has 0 atom stereocenters. The van der Waals surface area contributed by atoms with Crippen LogP contribution in [0.1, 0.15) is 36.0 Å². The van der Waals surface area contributed by atoms with Gasteiger partial charge < -0.3 is 20.5 Å². The summed E-state index contributed by atoms with van der Waals surface area (Å²) in [6.45, 7) is 3.51. The lowest BCUT2D eigenvalue weighted by Crippen LogP contribution is -2.20. The van der Waals surface area contributed by atoms with E-state index in [2.05, 4.69) is 37.6 Å². The maximum atomic E-state index is 13.3. The molecule has 9 nitrogen and oxygen atoms in total. The van der Waals surface area contributed by atoms with Crippen molar-refractivity contribution in [3.8, 4) is 11.3 Å². The molecule has 0 radical (unpaired) electrons. The van der Waals surface area contributed by atoms with Gasteiger partial charge in [-0.1, -0.05) is 36.4 Å². The van der Waals surface area contributed by atoms with Crippen molar-refractivity contribution in [3.05, 3.63) is 106 Å². The maximum Gasteiger partial charge on any atom is 0.270 e. The highest BCUT2D eigenvalue weighted by Crippen LogP contribution is 2.39. The summed E-state index contributed by atoms with van der Waals surface area (Å²) in [6, 6.07) is 20.4. The monoisotopic (exact) mass is 534 g/mol. The van der Waals surface area contributed by atoms with Crippen molar-refractivity contribution in [2.45, 2.75) is 25.7 Å². The molecule has 0 spiro atoms. The second kappa shape index (κ2) is 11.2. The van der Waals surface area contributed by atoms with E-state index < -0.39 is 4.92 Å². The van der Waals surface area contributed by atoms with Gasteiger partial charge >= 0.3 is 0 Å². The number of likely N-dealkylation sites (tertiary alicyclic amines) is 1. The normalized spacial score (nSPS) is 16.1. The summed E-state index contributed by atoms with van der Waals surface area (Å²) in [5, 5.41) is 17.8. The quantitative estimate of drug-likeness (QED) is 0.139. The zero-order valence-corrected chi connectivity index (χ0v) is 22.0. The molecule has 1 aromatic heterocycles. The molecule has 3 N–H and O–H groups in total. The minimum Gasteiger partial charge on any atom is -0.354 e. The molecule has 0 bridgehead atoms. The van der Waals surface area contributed by atoms with E-state index in [0.717, 1.165) is 41.9 Å².